The van der Waals surface area contributed by atoms with Gasteiger partial charge in [0.15, 0.2) is 0 Å². The van der Waals surface area contributed by atoms with Crippen LogP contribution < -0.4 is 15.2 Å². The number of hydrogen-bond acceptors (Lipinski definition) is 5. The van der Waals surface area contributed by atoms with Crippen molar-refractivity contribution >= 4 is 15.9 Å². The number of ether oxygens (including phenoxy) is 1. The normalized spacial score (nSPS) is 53.0. The van der Waals surface area contributed by atoms with Gasteiger partial charge in [0.1, 0.15) is 0 Å². The van der Waals surface area contributed by atoms with E-state index in [0.717, 1.165) is 51.5 Å². The summed E-state index contributed by atoms with van der Waals surface area (Å²) in [4.78, 5) is 5.74. The van der Waals surface area contributed by atoms with Crippen molar-refractivity contribution in [1.29, 1.82) is 0 Å². The molecule has 11 atom stereocenters. The first-order valence-electron chi connectivity index (χ1n) is 14.7. The second kappa shape index (κ2) is 8.73. The Labute approximate surface area is 218 Å². The molecule has 2 saturated heterocycles. The van der Waals surface area contributed by atoms with Gasteiger partial charge in [0.05, 0.1) is 17.2 Å². The molecule has 8 heteroatoms. The standard InChI is InChI=1S/C28H48N4O3S/c1-17-13-23-25(30-16-17)19(3)27(35-23)11-7-20-5-6-24-26(4)10-9-22(32-36(29,33)34)14-21(26)8-12-28(20,24)31-18(2)15-27/h17,19-25,30,32H,5-16H2,1-4H3,(H2,29,33,34)/t17-,19+,20-,21+,22+,23+,24+,25-,26-,27-,28+/m0/s1. The van der Waals surface area contributed by atoms with E-state index in [1.165, 1.54) is 31.4 Å². The number of piperidine rings is 1. The van der Waals surface area contributed by atoms with E-state index in [9.17, 15) is 8.42 Å². The average Bonchev–Trinajstić information content (AvgIpc) is 3.26. The van der Waals surface area contributed by atoms with Gasteiger partial charge in [-0.1, -0.05) is 20.8 Å². The molecular formula is C28H48N4O3S. The fraction of sp³-hybridized carbons (Fsp3) is 0.964. The number of nitrogens with one attached hydrogen (secondary N) is 2. The molecule has 3 aliphatic carbocycles. The summed E-state index contributed by atoms with van der Waals surface area (Å²) in [6.07, 6.45) is 12.6. The third kappa shape index (κ3) is 4.04. The van der Waals surface area contributed by atoms with Crippen LogP contribution in [-0.2, 0) is 14.9 Å². The van der Waals surface area contributed by atoms with E-state index in [4.69, 9.17) is 14.9 Å². The van der Waals surface area contributed by atoms with Crippen molar-refractivity contribution in [2.45, 2.75) is 128 Å². The van der Waals surface area contributed by atoms with Crippen LogP contribution in [0.1, 0.15) is 98.3 Å². The zero-order valence-electron chi connectivity index (χ0n) is 22.8. The SMILES string of the molecule is CC1=N[C@@]23CC[C@@H]4C[C@H](NS(N)(=O)=O)CC[C@]4(C)[C@H]2CC[C@H]3CC[C@@]2(C1)O[C@@H]1C[C@H](C)CN[C@H]1[C@H]2C. The van der Waals surface area contributed by atoms with Gasteiger partial charge in [0, 0.05) is 30.1 Å². The van der Waals surface area contributed by atoms with Crippen molar-refractivity contribution < 1.29 is 13.2 Å². The Morgan fingerprint density at radius 3 is 2.61 bits per heavy atom. The first-order chi connectivity index (χ1) is 16.9. The van der Waals surface area contributed by atoms with Crippen molar-refractivity contribution in [2.75, 3.05) is 6.54 Å². The fourth-order valence-corrected chi connectivity index (χ4v) is 11.1. The van der Waals surface area contributed by atoms with Crippen LogP contribution in [0.25, 0.3) is 0 Å². The Kier molecular flexibility index (Phi) is 6.24. The second-order valence-corrected chi connectivity index (χ2v) is 15.4. The van der Waals surface area contributed by atoms with Crippen LogP contribution in [0.3, 0.4) is 0 Å². The summed E-state index contributed by atoms with van der Waals surface area (Å²) in [5.41, 5.74) is 1.53. The Morgan fingerprint density at radius 2 is 1.83 bits per heavy atom. The van der Waals surface area contributed by atoms with E-state index >= 15 is 0 Å². The highest BCUT2D eigenvalue weighted by atomic mass is 32.2. The van der Waals surface area contributed by atoms with Crippen molar-refractivity contribution in [2.24, 2.45) is 45.1 Å². The number of aliphatic imine (C=N–C) groups is 1. The van der Waals surface area contributed by atoms with Crippen LogP contribution in [0.15, 0.2) is 4.99 Å². The molecule has 3 aliphatic heterocycles. The van der Waals surface area contributed by atoms with Gasteiger partial charge in [-0.25, -0.2) is 5.14 Å². The van der Waals surface area contributed by atoms with Crippen LogP contribution in [0.2, 0.25) is 0 Å². The molecule has 3 heterocycles. The van der Waals surface area contributed by atoms with E-state index in [1.807, 2.05) is 0 Å². The molecule has 0 aromatic heterocycles. The molecule has 6 aliphatic rings. The molecule has 0 aromatic rings. The lowest BCUT2D eigenvalue weighted by atomic mass is 9.49. The first kappa shape index (κ1) is 25.7. The van der Waals surface area contributed by atoms with Crippen LogP contribution in [0.4, 0.5) is 0 Å². The molecule has 6 rings (SSSR count). The molecule has 0 bridgehead atoms. The minimum Gasteiger partial charge on any atom is -0.369 e. The quantitative estimate of drug-likeness (QED) is 0.513. The minimum absolute atomic E-state index is 0.0207. The number of nitrogens with two attached hydrogens (primary N) is 1. The van der Waals surface area contributed by atoms with Gasteiger partial charge in [0.2, 0.25) is 0 Å². The number of fused-ring (bicyclic) bond motifs is 3. The predicted molar refractivity (Wildman–Crippen MR) is 143 cm³/mol. The Bertz CT molecular complexity index is 1020. The third-order valence-electron chi connectivity index (χ3n) is 12.0. The highest BCUT2D eigenvalue weighted by molar-refractivity contribution is 7.87. The fourth-order valence-electron chi connectivity index (χ4n) is 10.4. The maximum atomic E-state index is 11.7. The average molecular weight is 521 g/mol. The van der Waals surface area contributed by atoms with E-state index in [2.05, 4.69) is 37.7 Å². The lowest BCUT2D eigenvalue weighted by molar-refractivity contribution is -0.0791. The summed E-state index contributed by atoms with van der Waals surface area (Å²) in [6.45, 7) is 10.7. The number of rotatable bonds is 2. The molecule has 204 valence electrons. The second-order valence-electron chi connectivity index (χ2n) is 14.0. The summed E-state index contributed by atoms with van der Waals surface area (Å²) in [5.74, 6) is 2.97. The Balaban J connectivity index is 1.26. The van der Waals surface area contributed by atoms with Gasteiger partial charge in [-0.2, -0.15) is 13.1 Å². The number of hydrogen-bond donors (Lipinski definition) is 3. The molecule has 0 aromatic carbocycles. The Morgan fingerprint density at radius 1 is 1.06 bits per heavy atom. The van der Waals surface area contributed by atoms with E-state index < -0.39 is 10.2 Å². The summed E-state index contributed by atoms with van der Waals surface area (Å²) in [5, 5.41) is 9.15. The summed E-state index contributed by atoms with van der Waals surface area (Å²) >= 11 is 0. The summed E-state index contributed by atoms with van der Waals surface area (Å²) < 4.78 is 33.1. The van der Waals surface area contributed by atoms with Crippen LogP contribution in [0, 0.1) is 35.0 Å². The van der Waals surface area contributed by atoms with Crippen LogP contribution in [-0.4, -0.2) is 50.0 Å². The maximum absolute atomic E-state index is 11.7. The molecular weight excluding hydrogens is 472 g/mol. The van der Waals surface area contributed by atoms with Gasteiger partial charge in [0.25, 0.3) is 10.2 Å². The largest absolute Gasteiger partial charge is 0.369 e. The highest BCUT2D eigenvalue weighted by Gasteiger charge is 2.63. The molecule has 7 nitrogen and oxygen atoms in total. The summed E-state index contributed by atoms with van der Waals surface area (Å²) in [7, 11) is -3.65. The van der Waals surface area contributed by atoms with Gasteiger partial charge < -0.3 is 10.1 Å². The smallest absolute Gasteiger partial charge is 0.274 e. The molecule has 36 heavy (non-hydrogen) atoms. The van der Waals surface area contributed by atoms with Crippen molar-refractivity contribution in [1.82, 2.24) is 10.0 Å². The van der Waals surface area contributed by atoms with Gasteiger partial charge in [-0.05, 0) is 107 Å². The molecule has 5 fully saturated rings. The van der Waals surface area contributed by atoms with Gasteiger partial charge >= 0.3 is 0 Å². The monoisotopic (exact) mass is 520 g/mol. The van der Waals surface area contributed by atoms with E-state index in [-0.39, 0.29) is 22.6 Å². The van der Waals surface area contributed by atoms with Gasteiger partial charge in [-0.3, -0.25) is 4.99 Å². The zero-order chi connectivity index (χ0) is 25.5. The van der Waals surface area contributed by atoms with Crippen LogP contribution >= 0.6 is 0 Å². The molecule has 0 amide bonds. The molecule has 0 radical (unpaired) electrons. The molecule has 4 N–H and O–H groups in total. The Hall–Kier alpha value is -0.540. The van der Waals surface area contributed by atoms with Gasteiger partial charge in [-0.15, -0.1) is 0 Å². The van der Waals surface area contributed by atoms with E-state index in [1.54, 1.807) is 0 Å². The molecule has 0 unspecified atom stereocenters. The first-order valence-corrected chi connectivity index (χ1v) is 16.3. The maximum Gasteiger partial charge on any atom is 0.274 e. The van der Waals surface area contributed by atoms with Crippen molar-refractivity contribution in [3.63, 3.8) is 0 Å². The minimum atomic E-state index is -3.65. The van der Waals surface area contributed by atoms with Crippen LogP contribution in [0.5, 0.6) is 0 Å². The molecule has 3 saturated carbocycles. The predicted octanol–water partition coefficient (Wildman–Crippen LogP) is 3.93. The zero-order valence-corrected chi connectivity index (χ0v) is 23.6. The third-order valence-corrected chi connectivity index (χ3v) is 12.7. The topological polar surface area (TPSA) is 106 Å². The van der Waals surface area contributed by atoms with Crippen molar-refractivity contribution in [3.05, 3.63) is 0 Å². The van der Waals surface area contributed by atoms with E-state index in [0.29, 0.717) is 41.7 Å². The lowest BCUT2D eigenvalue weighted by Crippen LogP contribution is -2.57. The number of nitrogens with zero attached hydrogens (tertiary/aromatic N) is 1. The lowest BCUT2D eigenvalue weighted by Gasteiger charge is -2.58. The highest BCUT2D eigenvalue weighted by Crippen LogP contribution is 2.66. The molecule has 2 spiro atoms. The van der Waals surface area contributed by atoms with Crippen molar-refractivity contribution in [3.8, 4) is 0 Å². The summed E-state index contributed by atoms with van der Waals surface area (Å²) in [6, 6.07) is 0.460.